The molecule has 0 bridgehead atoms. The predicted molar refractivity (Wildman–Crippen MR) is 118 cm³/mol. The number of carbonyl (C=O) groups is 1. The van der Waals surface area contributed by atoms with Gasteiger partial charge in [0.15, 0.2) is 5.96 Å². The molecular weight excluding hydrogens is 447 g/mol. The fourth-order valence-electron chi connectivity index (χ4n) is 2.73. The first-order chi connectivity index (χ1) is 11.6. The van der Waals surface area contributed by atoms with Gasteiger partial charge in [-0.05, 0) is 25.5 Å². The van der Waals surface area contributed by atoms with Gasteiger partial charge < -0.3 is 15.5 Å². The molecule has 0 aromatic heterocycles. The van der Waals surface area contributed by atoms with E-state index in [9.17, 15) is 4.79 Å². The van der Waals surface area contributed by atoms with Gasteiger partial charge in [-0.3, -0.25) is 9.79 Å². The number of aryl methyl sites for hydroxylation is 1. The quantitative estimate of drug-likeness (QED) is 0.297. The zero-order valence-electron chi connectivity index (χ0n) is 15.2. The van der Waals surface area contributed by atoms with Gasteiger partial charge in [-0.25, -0.2) is 0 Å². The van der Waals surface area contributed by atoms with Gasteiger partial charge in [0.2, 0.25) is 0 Å². The monoisotopic (exact) mass is 476 g/mol. The fourth-order valence-corrected chi connectivity index (χ4v) is 3.91. The number of halogens is 1. The molecule has 0 spiro atoms. The lowest BCUT2D eigenvalue weighted by Gasteiger charge is -2.34. The van der Waals surface area contributed by atoms with Gasteiger partial charge in [0.1, 0.15) is 0 Å². The molecule has 0 saturated carbocycles. The van der Waals surface area contributed by atoms with Crippen molar-refractivity contribution in [2.75, 3.05) is 39.0 Å². The minimum absolute atomic E-state index is 0. The number of nitrogens with one attached hydrogen (secondary N) is 2. The lowest BCUT2D eigenvalue weighted by Crippen LogP contribution is -2.49. The number of rotatable bonds is 5. The highest BCUT2D eigenvalue weighted by molar-refractivity contribution is 14.0. The molecule has 1 amide bonds. The van der Waals surface area contributed by atoms with Gasteiger partial charge in [0.05, 0.1) is 0 Å². The Morgan fingerprint density at radius 3 is 2.80 bits per heavy atom. The number of thioether (sulfide) groups is 1. The smallest absolute Gasteiger partial charge is 0.251 e. The first-order valence-electron chi connectivity index (χ1n) is 8.56. The lowest BCUT2D eigenvalue weighted by atomic mass is 10.1. The molecular formula is C18H29IN4OS. The Morgan fingerprint density at radius 1 is 1.36 bits per heavy atom. The molecule has 1 aliphatic rings. The van der Waals surface area contributed by atoms with Crippen LogP contribution in [0.5, 0.6) is 0 Å². The summed E-state index contributed by atoms with van der Waals surface area (Å²) in [5.74, 6) is 2.04. The molecule has 1 aliphatic heterocycles. The maximum Gasteiger partial charge on any atom is 0.251 e. The van der Waals surface area contributed by atoms with Crippen molar-refractivity contribution < 1.29 is 4.79 Å². The average Bonchev–Trinajstić information content (AvgIpc) is 2.61. The van der Waals surface area contributed by atoms with Crippen molar-refractivity contribution in [2.24, 2.45) is 4.99 Å². The van der Waals surface area contributed by atoms with Crippen molar-refractivity contribution in [1.29, 1.82) is 0 Å². The molecule has 1 aromatic rings. The van der Waals surface area contributed by atoms with E-state index < -0.39 is 0 Å². The zero-order chi connectivity index (χ0) is 17.4. The van der Waals surface area contributed by atoms with Gasteiger partial charge in [-0.2, -0.15) is 11.8 Å². The van der Waals surface area contributed by atoms with Crippen LogP contribution in [-0.4, -0.2) is 61.0 Å². The summed E-state index contributed by atoms with van der Waals surface area (Å²) in [5, 5.41) is 6.98. The van der Waals surface area contributed by atoms with Crippen LogP contribution in [0.4, 0.5) is 0 Å². The molecule has 2 rings (SSSR count). The molecule has 7 heteroatoms. The maximum absolute atomic E-state index is 12.1. The average molecular weight is 476 g/mol. The second kappa shape index (κ2) is 11.6. The standard InChI is InChI=1S/C18H28N4OS.HI/c1-4-16-13-22(10-11-24-16)18(19-3)21-9-8-20-17(23)15-7-5-6-14(2)12-15;/h5-7,12,16H,4,8-11,13H2,1-3H3,(H,19,21)(H,20,23);1H. The molecule has 1 aromatic carbocycles. The second-order valence-electron chi connectivity index (χ2n) is 5.95. The zero-order valence-corrected chi connectivity index (χ0v) is 18.4. The third-order valence-corrected chi connectivity index (χ3v) is 5.45. The number of amides is 1. The van der Waals surface area contributed by atoms with Gasteiger partial charge in [0, 0.05) is 49.8 Å². The van der Waals surface area contributed by atoms with E-state index in [1.54, 1.807) is 0 Å². The van der Waals surface area contributed by atoms with Crippen molar-refractivity contribution in [2.45, 2.75) is 25.5 Å². The Bertz CT molecular complexity index is 582. The van der Waals surface area contributed by atoms with Crippen molar-refractivity contribution >= 4 is 47.6 Å². The molecule has 5 nitrogen and oxygen atoms in total. The van der Waals surface area contributed by atoms with Gasteiger partial charge >= 0.3 is 0 Å². The Hall–Kier alpha value is -0.960. The third-order valence-electron chi connectivity index (χ3n) is 4.08. The van der Waals surface area contributed by atoms with Crippen LogP contribution in [0.25, 0.3) is 0 Å². The summed E-state index contributed by atoms with van der Waals surface area (Å²) in [6.07, 6.45) is 1.19. The Balaban J connectivity index is 0.00000312. The van der Waals surface area contributed by atoms with Crippen molar-refractivity contribution in [1.82, 2.24) is 15.5 Å². The Kier molecular flexibility index (Phi) is 10.3. The van der Waals surface area contributed by atoms with E-state index in [-0.39, 0.29) is 29.9 Å². The summed E-state index contributed by atoms with van der Waals surface area (Å²) in [6, 6.07) is 7.63. The highest BCUT2D eigenvalue weighted by Gasteiger charge is 2.21. The van der Waals surface area contributed by atoms with Crippen molar-refractivity contribution in [3.63, 3.8) is 0 Å². The number of guanidine groups is 1. The predicted octanol–water partition coefficient (Wildman–Crippen LogP) is 2.75. The highest BCUT2D eigenvalue weighted by atomic mass is 127. The Morgan fingerprint density at radius 2 is 2.12 bits per heavy atom. The Labute approximate surface area is 172 Å². The lowest BCUT2D eigenvalue weighted by molar-refractivity contribution is 0.0954. The molecule has 1 unspecified atom stereocenters. The van der Waals surface area contributed by atoms with Crippen LogP contribution in [0.15, 0.2) is 29.3 Å². The van der Waals surface area contributed by atoms with Crippen LogP contribution in [-0.2, 0) is 0 Å². The summed E-state index contributed by atoms with van der Waals surface area (Å²) >= 11 is 2.04. The highest BCUT2D eigenvalue weighted by Crippen LogP contribution is 2.20. The first kappa shape index (κ1) is 22.1. The topological polar surface area (TPSA) is 56.7 Å². The van der Waals surface area contributed by atoms with Crippen LogP contribution in [0.1, 0.15) is 29.3 Å². The molecule has 140 valence electrons. The van der Waals surface area contributed by atoms with Crippen LogP contribution >= 0.6 is 35.7 Å². The SMILES string of the molecule is CCC1CN(C(=NC)NCCNC(=O)c2cccc(C)c2)CCS1.I. The van der Waals surface area contributed by atoms with Crippen LogP contribution in [0.2, 0.25) is 0 Å². The minimum atomic E-state index is -0.0316. The van der Waals surface area contributed by atoms with Crippen LogP contribution < -0.4 is 10.6 Å². The maximum atomic E-state index is 12.1. The molecule has 1 saturated heterocycles. The van der Waals surface area contributed by atoms with E-state index in [1.165, 1.54) is 6.42 Å². The van der Waals surface area contributed by atoms with E-state index in [0.717, 1.165) is 30.4 Å². The van der Waals surface area contributed by atoms with Crippen LogP contribution in [0.3, 0.4) is 0 Å². The molecule has 25 heavy (non-hydrogen) atoms. The molecule has 0 aliphatic carbocycles. The number of hydrogen-bond donors (Lipinski definition) is 2. The molecule has 1 atom stereocenters. The van der Waals surface area contributed by atoms with Gasteiger partial charge in [0.25, 0.3) is 5.91 Å². The summed E-state index contributed by atoms with van der Waals surface area (Å²) in [6.45, 7) is 7.53. The molecule has 1 heterocycles. The number of aliphatic imine (C=N–C) groups is 1. The normalized spacial score (nSPS) is 17.6. The minimum Gasteiger partial charge on any atom is -0.354 e. The number of carbonyl (C=O) groups excluding carboxylic acids is 1. The van der Waals surface area contributed by atoms with E-state index in [1.807, 2.05) is 50.0 Å². The van der Waals surface area contributed by atoms with E-state index >= 15 is 0 Å². The number of nitrogens with zero attached hydrogens (tertiary/aromatic N) is 2. The summed E-state index contributed by atoms with van der Waals surface area (Å²) < 4.78 is 0. The third kappa shape index (κ3) is 7.05. The van der Waals surface area contributed by atoms with E-state index in [2.05, 4.69) is 27.4 Å². The largest absolute Gasteiger partial charge is 0.354 e. The van der Waals surface area contributed by atoms with Crippen molar-refractivity contribution in [3.05, 3.63) is 35.4 Å². The fraction of sp³-hybridized carbons (Fsp3) is 0.556. The van der Waals surface area contributed by atoms with Crippen molar-refractivity contribution in [3.8, 4) is 0 Å². The molecule has 2 N–H and O–H groups in total. The number of hydrogen-bond acceptors (Lipinski definition) is 3. The summed E-state index contributed by atoms with van der Waals surface area (Å²) in [4.78, 5) is 18.8. The van der Waals surface area contributed by atoms with Crippen LogP contribution in [0, 0.1) is 6.92 Å². The van der Waals surface area contributed by atoms with Gasteiger partial charge in [-0.15, -0.1) is 24.0 Å². The number of benzene rings is 1. The molecule has 0 radical (unpaired) electrons. The van der Waals surface area contributed by atoms with Gasteiger partial charge in [-0.1, -0.05) is 24.6 Å². The molecule has 1 fully saturated rings. The summed E-state index contributed by atoms with van der Waals surface area (Å²) in [7, 11) is 1.82. The second-order valence-corrected chi connectivity index (χ2v) is 7.35. The summed E-state index contributed by atoms with van der Waals surface area (Å²) in [5.41, 5.74) is 1.80. The van der Waals surface area contributed by atoms with E-state index in [4.69, 9.17) is 0 Å². The van der Waals surface area contributed by atoms with E-state index in [0.29, 0.717) is 23.9 Å². The first-order valence-corrected chi connectivity index (χ1v) is 9.61.